The third kappa shape index (κ3) is 4.55. The fourth-order valence-electron chi connectivity index (χ4n) is 1.07. The monoisotopic (exact) mass is 230 g/mol. The third-order valence-electron chi connectivity index (χ3n) is 1.83. The van der Waals surface area contributed by atoms with Crippen molar-refractivity contribution in [3.8, 4) is 6.07 Å². The predicted octanol–water partition coefficient (Wildman–Crippen LogP) is 1.99. The van der Waals surface area contributed by atoms with Crippen LogP contribution in [0.2, 0.25) is 0 Å². The van der Waals surface area contributed by atoms with Crippen molar-refractivity contribution >= 4 is 11.7 Å². The molecule has 0 aliphatic rings. The fraction of sp³-hybridized carbons (Fsp3) is 0.200. The number of hydrogen-bond acceptors (Lipinski definition) is 3. The first-order chi connectivity index (χ1) is 8.26. The molecule has 0 bridgehead atoms. The molecular weight excluding hydrogens is 220 g/mol. The molecule has 0 heterocycles. The normalized spacial score (nSPS) is 8.65. The van der Waals surface area contributed by atoms with Gasteiger partial charge in [0.2, 0.25) is 0 Å². The smallest absolute Gasteiger partial charge is 0.319 e. The number of carbonyl (C=O) groups is 1. The molecule has 0 saturated heterocycles. The number of anilines is 1. The van der Waals surface area contributed by atoms with Gasteiger partial charge in [-0.1, -0.05) is 5.11 Å². The van der Waals surface area contributed by atoms with Gasteiger partial charge < -0.3 is 10.6 Å². The number of carbonyl (C=O) groups excluding carboxylic acids is 1. The molecule has 1 aromatic rings. The molecule has 0 saturated carbocycles. The first-order valence-electron chi connectivity index (χ1n) is 4.82. The molecule has 7 heteroatoms. The van der Waals surface area contributed by atoms with Gasteiger partial charge in [-0.3, -0.25) is 0 Å². The Labute approximate surface area is 97.7 Å². The van der Waals surface area contributed by atoms with Crippen molar-refractivity contribution in [1.82, 2.24) is 5.32 Å². The van der Waals surface area contributed by atoms with Crippen LogP contribution in [0.25, 0.3) is 10.4 Å². The van der Waals surface area contributed by atoms with Crippen molar-refractivity contribution in [3.05, 3.63) is 40.3 Å². The quantitative estimate of drug-likeness (QED) is 0.356. The first kappa shape index (κ1) is 12.4. The van der Waals surface area contributed by atoms with Crippen molar-refractivity contribution in [2.24, 2.45) is 5.11 Å². The van der Waals surface area contributed by atoms with Crippen molar-refractivity contribution in [3.63, 3.8) is 0 Å². The van der Waals surface area contributed by atoms with Crippen molar-refractivity contribution in [2.75, 3.05) is 18.4 Å². The summed E-state index contributed by atoms with van der Waals surface area (Å²) in [5.41, 5.74) is 9.14. The average molecular weight is 230 g/mol. The van der Waals surface area contributed by atoms with Crippen molar-refractivity contribution in [2.45, 2.75) is 0 Å². The third-order valence-corrected chi connectivity index (χ3v) is 1.83. The van der Waals surface area contributed by atoms with Gasteiger partial charge in [0.15, 0.2) is 0 Å². The van der Waals surface area contributed by atoms with E-state index < -0.39 is 0 Å². The highest BCUT2D eigenvalue weighted by molar-refractivity contribution is 5.89. The minimum atomic E-state index is -0.386. The molecule has 7 nitrogen and oxygen atoms in total. The summed E-state index contributed by atoms with van der Waals surface area (Å²) in [5.74, 6) is 0. The molecule has 2 amide bonds. The largest absolute Gasteiger partial charge is 0.338 e. The zero-order valence-corrected chi connectivity index (χ0v) is 8.92. The topological polar surface area (TPSA) is 114 Å². The number of azide groups is 1. The molecule has 1 rings (SSSR count). The van der Waals surface area contributed by atoms with E-state index in [1.54, 1.807) is 24.3 Å². The van der Waals surface area contributed by atoms with Gasteiger partial charge in [0.05, 0.1) is 11.6 Å². The lowest BCUT2D eigenvalue weighted by Crippen LogP contribution is -2.30. The molecule has 0 aliphatic heterocycles. The van der Waals surface area contributed by atoms with Crippen LogP contribution in [0.3, 0.4) is 0 Å². The SMILES string of the molecule is N#Cc1ccc(NC(=O)NCCN=[N+]=[N-])cc1. The zero-order chi connectivity index (χ0) is 12.5. The number of nitrogens with zero attached hydrogens (tertiary/aromatic N) is 4. The van der Waals surface area contributed by atoms with Gasteiger partial charge in [-0.15, -0.1) is 0 Å². The van der Waals surface area contributed by atoms with Gasteiger partial charge in [0, 0.05) is 23.7 Å². The number of amides is 2. The molecule has 2 N–H and O–H groups in total. The van der Waals surface area contributed by atoms with E-state index in [9.17, 15) is 4.79 Å². The highest BCUT2D eigenvalue weighted by atomic mass is 16.2. The maximum atomic E-state index is 11.3. The molecule has 17 heavy (non-hydrogen) atoms. The second kappa shape index (κ2) is 6.71. The maximum absolute atomic E-state index is 11.3. The van der Waals surface area contributed by atoms with Crippen LogP contribution in [0.5, 0.6) is 0 Å². The van der Waals surface area contributed by atoms with Crippen molar-refractivity contribution in [1.29, 1.82) is 5.26 Å². The molecule has 0 radical (unpaired) electrons. The maximum Gasteiger partial charge on any atom is 0.319 e. The van der Waals surface area contributed by atoms with E-state index in [1.165, 1.54) is 0 Å². The molecule has 0 unspecified atom stereocenters. The van der Waals surface area contributed by atoms with Crippen molar-refractivity contribution < 1.29 is 4.79 Å². The highest BCUT2D eigenvalue weighted by Gasteiger charge is 2.00. The zero-order valence-electron chi connectivity index (χ0n) is 8.92. The summed E-state index contributed by atoms with van der Waals surface area (Å²) in [6.45, 7) is 0.476. The van der Waals surface area contributed by atoms with E-state index in [2.05, 4.69) is 20.7 Å². The van der Waals surface area contributed by atoms with Crippen LogP contribution < -0.4 is 10.6 Å². The second-order valence-electron chi connectivity index (χ2n) is 3.02. The lowest BCUT2D eigenvalue weighted by atomic mass is 10.2. The Morgan fingerprint density at radius 3 is 2.76 bits per heavy atom. The van der Waals surface area contributed by atoms with Crippen LogP contribution in [0.4, 0.5) is 10.5 Å². The highest BCUT2D eigenvalue weighted by Crippen LogP contribution is 2.08. The second-order valence-corrected chi connectivity index (χ2v) is 3.02. The Morgan fingerprint density at radius 2 is 2.18 bits per heavy atom. The Balaban J connectivity index is 2.40. The number of nitrogens with one attached hydrogen (secondary N) is 2. The molecule has 1 aromatic carbocycles. The Bertz CT molecular complexity index is 469. The molecular formula is C10H10N6O. The fourth-order valence-corrected chi connectivity index (χ4v) is 1.07. The van der Waals surface area contributed by atoms with E-state index in [4.69, 9.17) is 10.8 Å². The van der Waals surface area contributed by atoms with Crippen LogP contribution >= 0.6 is 0 Å². The summed E-state index contributed by atoms with van der Waals surface area (Å²) in [4.78, 5) is 13.9. The van der Waals surface area contributed by atoms with E-state index >= 15 is 0 Å². The van der Waals surface area contributed by atoms with Gasteiger partial charge in [0.1, 0.15) is 0 Å². The summed E-state index contributed by atoms with van der Waals surface area (Å²) in [7, 11) is 0. The summed E-state index contributed by atoms with van der Waals surface area (Å²) < 4.78 is 0. The molecule has 0 spiro atoms. The van der Waals surface area contributed by atoms with E-state index in [0.29, 0.717) is 11.3 Å². The minimum Gasteiger partial charge on any atom is -0.338 e. The first-order valence-corrected chi connectivity index (χ1v) is 4.82. The Morgan fingerprint density at radius 1 is 1.47 bits per heavy atom. The number of nitriles is 1. The summed E-state index contributed by atoms with van der Waals surface area (Å²) >= 11 is 0. The number of urea groups is 1. The standard InChI is InChI=1S/C10H10N6O/c11-7-8-1-3-9(4-2-8)15-10(17)13-5-6-14-16-12/h1-4H,5-6H2,(H2,13,15,17). The summed E-state index contributed by atoms with van der Waals surface area (Å²) in [6.07, 6.45) is 0. The lowest BCUT2D eigenvalue weighted by molar-refractivity contribution is 0.252. The van der Waals surface area contributed by atoms with Gasteiger partial charge in [-0.05, 0) is 29.8 Å². The van der Waals surface area contributed by atoms with E-state index in [0.717, 1.165) is 0 Å². The number of benzene rings is 1. The lowest BCUT2D eigenvalue weighted by Gasteiger charge is -2.05. The molecule has 0 atom stereocenters. The molecule has 0 aromatic heterocycles. The summed E-state index contributed by atoms with van der Waals surface area (Å²) in [5, 5.41) is 17.0. The Kier molecular flexibility index (Phi) is 4.88. The summed E-state index contributed by atoms with van der Waals surface area (Å²) in [6, 6.07) is 8.07. The molecule has 0 fully saturated rings. The Hall–Kier alpha value is -2.71. The van der Waals surface area contributed by atoms with Gasteiger partial charge in [0.25, 0.3) is 0 Å². The number of rotatable bonds is 4. The minimum absolute atomic E-state index is 0.206. The average Bonchev–Trinajstić information content (AvgIpc) is 2.36. The van der Waals surface area contributed by atoms with E-state index in [1.807, 2.05) is 6.07 Å². The molecule has 0 aliphatic carbocycles. The number of hydrogen-bond donors (Lipinski definition) is 2. The van der Waals surface area contributed by atoms with Crippen LogP contribution in [0, 0.1) is 11.3 Å². The van der Waals surface area contributed by atoms with E-state index in [-0.39, 0.29) is 19.1 Å². The van der Waals surface area contributed by atoms with Crippen LogP contribution in [-0.2, 0) is 0 Å². The van der Waals surface area contributed by atoms with Crippen LogP contribution in [-0.4, -0.2) is 19.1 Å². The molecule has 86 valence electrons. The van der Waals surface area contributed by atoms with Gasteiger partial charge >= 0.3 is 6.03 Å². The van der Waals surface area contributed by atoms with Crippen LogP contribution in [0.15, 0.2) is 29.4 Å². The van der Waals surface area contributed by atoms with Gasteiger partial charge in [-0.2, -0.15) is 5.26 Å². The van der Waals surface area contributed by atoms with Crippen LogP contribution in [0.1, 0.15) is 5.56 Å². The predicted molar refractivity (Wildman–Crippen MR) is 62.2 cm³/mol. The van der Waals surface area contributed by atoms with Gasteiger partial charge in [-0.25, -0.2) is 4.79 Å².